The Morgan fingerprint density at radius 3 is 2.53 bits per heavy atom. The third-order valence-electron chi connectivity index (χ3n) is 4.15. The van der Waals surface area contributed by atoms with E-state index in [2.05, 4.69) is 30.3 Å². The molecule has 2 aromatic carbocycles. The second kappa shape index (κ2) is 3.13. The van der Waals surface area contributed by atoms with Crippen molar-refractivity contribution in [2.24, 2.45) is 0 Å². The average Bonchev–Trinajstić information content (AvgIpc) is 3.09. The molecule has 4 rings (SSSR count). The third-order valence-corrected chi connectivity index (χ3v) is 4.15. The van der Waals surface area contributed by atoms with Crippen molar-refractivity contribution in [1.29, 1.82) is 0 Å². The first kappa shape index (κ1) is 9.29. The maximum atomic E-state index is 9.63. The summed E-state index contributed by atoms with van der Waals surface area (Å²) in [5.41, 5.74) is 5.71. The molecule has 2 aromatic rings. The van der Waals surface area contributed by atoms with Gasteiger partial charge in [-0.2, -0.15) is 0 Å². The maximum Gasteiger partial charge on any atom is 0.115 e. The average molecular weight is 222 g/mol. The van der Waals surface area contributed by atoms with E-state index >= 15 is 0 Å². The molecular weight excluding hydrogens is 208 g/mol. The van der Waals surface area contributed by atoms with E-state index < -0.39 is 0 Å². The highest BCUT2D eigenvalue weighted by atomic mass is 16.3. The first-order valence-corrected chi connectivity index (χ1v) is 6.22. The zero-order valence-electron chi connectivity index (χ0n) is 9.56. The van der Waals surface area contributed by atoms with Gasteiger partial charge in [-0.05, 0) is 59.1 Å². The Bertz CT molecular complexity index is 600. The molecule has 1 nitrogen and oxygen atoms in total. The first-order valence-electron chi connectivity index (χ1n) is 6.22. The minimum atomic E-state index is 0.389. The standard InChI is InChI=1S/C16H14O/c17-12-5-6-14-11(8-12)7-10-3-1-2-4-13(10)15-9-16(14)15/h1-6,8,15-17H,7,9H2. The predicted octanol–water partition coefficient (Wildman–Crippen LogP) is 3.57. The van der Waals surface area contributed by atoms with Crippen molar-refractivity contribution in [1.82, 2.24) is 0 Å². The molecular formula is C16H14O. The SMILES string of the molecule is Oc1ccc2c(c1)Cc1ccccc1C1CC21. The van der Waals surface area contributed by atoms with Crippen LogP contribution in [-0.4, -0.2) is 5.11 Å². The molecule has 2 aliphatic rings. The Morgan fingerprint density at radius 1 is 0.882 bits per heavy atom. The fourth-order valence-electron chi connectivity index (χ4n) is 3.25. The number of phenols is 1. The summed E-state index contributed by atoms with van der Waals surface area (Å²) in [5.74, 6) is 1.80. The van der Waals surface area contributed by atoms with Crippen LogP contribution in [0.4, 0.5) is 0 Å². The summed E-state index contributed by atoms with van der Waals surface area (Å²) in [7, 11) is 0. The Hall–Kier alpha value is -1.76. The van der Waals surface area contributed by atoms with Crippen molar-refractivity contribution < 1.29 is 5.11 Å². The Morgan fingerprint density at radius 2 is 1.65 bits per heavy atom. The van der Waals surface area contributed by atoms with Crippen molar-refractivity contribution in [3.05, 3.63) is 64.7 Å². The monoisotopic (exact) mass is 222 g/mol. The summed E-state index contributed by atoms with van der Waals surface area (Å²) in [4.78, 5) is 0. The quantitative estimate of drug-likeness (QED) is 0.722. The van der Waals surface area contributed by atoms with Gasteiger partial charge in [0.25, 0.3) is 0 Å². The highest BCUT2D eigenvalue weighted by Gasteiger charge is 2.43. The topological polar surface area (TPSA) is 20.2 Å². The van der Waals surface area contributed by atoms with Crippen molar-refractivity contribution >= 4 is 0 Å². The lowest BCUT2D eigenvalue weighted by atomic mass is 9.97. The van der Waals surface area contributed by atoms with E-state index in [0.29, 0.717) is 11.7 Å². The molecule has 1 N–H and O–H groups in total. The van der Waals surface area contributed by atoms with E-state index in [9.17, 15) is 5.11 Å². The van der Waals surface area contributed by atoms with Crippen LogP contribution in [0.25, 0.3) is 0 Å². The fraction of sp³-hybridized carbons (Fsp3) is 0.250. The zero-order chi connectivity index (χ0) is 11.4. The summed E-state index contributed by atoms with van der Waals surface area (Å²) in [6.07, 6.45) is 2.24. The molecule has 2 aliphatic carbocycles. The predicted molar refractivity (Wildman–Crippen MR) is 67.5 cm³/mol. The molecule has 1 saturated carbocycles. The minimum absolute atomic E-state index is 0.389. The van der Waals surface area contributed by atoms with Gasteiger partial charge in [0.1, 0.15) is 5.75 Å². The summed E-state index contributed by atoms with van der Waals surface area (Å²) >= 11 is 0. The van der Waals surface area contributed by atoms with Gasteiger partial charge in [-0.15, -0.1) is 0 Å². The van der Waals surface area contributed by atoms with Gasteiger partial charge < -0.3 is 5.11 Å². The van der Waals surface area contributed by atoms with Crippen LogP contribution < -0.4 is 0 Å². The van der Waals surface area contributed by atoms with Crippen molar-refractivity contribution in [2.75, 3.05) is 0 Å². The lowest BCUT2D eigenvalue weighted by Crippen LogP contribution is -1.93. The summed E-state index contributed by atoms with van der Waals surface area (Å²) < 4.78 is 0. The van der Waals surface area contributed by atoms with E-state index in [1.165, 1.54) is 28.7 Å². The Balaban J connectivity index is 1.93. The van der Waals surface area contributed by atoms with E-state index in [4.69, 9.17) is 0 Å². The first-order chi connectivity index (χ1) is 8.33. The van der Waals surface area contributed by atoms with Gasteiger partial charge in [-0.1, -0.05) is 30.3 Å². The summed E-state index contributed by atoms with van der Waals surface area (Å²) in [5, 5.41) is 9.63. The smallest absolute Gasteiger partial charge is 0.115 e. The number of phenolic OH excluding ortho intramolecular Hbond substituents is 1. The van der Waals surface area contributed by atoms with Gasteiger partial charge >= 0.3 is 0 Å². The number of aromatic hydroxyl groups is 1. The highest BCUT2D eigenvalue weighted by molar-refractivity contribution is 5.51. The molecule has 17 heavy (non-hydrogen) atoms. The van der Waals surface area contributed by atoms with Crippen molar-refractivity contribution in [3.63, 3.8) is 0 Å². The molecule has 84 valence electrons. The molecule has 0 radical (unpaired) electrons. The molecule has 0 amide bonds. The molecule has 2 unspecified atom stereocenters. The fourth-order valence-corrected chi connectivity index (χ4v) is 3.25. The second-order valence-electron chi connectivity index (χ2n) is 5.21. The van der Waals surface area contributed by atoms with Crippen molar-refractivity contribution in [3.8, 4) is 5.75 Å². The lowest BCUT2D eigenvalue weighted by molar-refractivity contribution is 0.474. The molecule has 2 atom stereocenters. The molecule has 0 heterocycles. The van der Waals surface area contributed by atoms with E-state index in [-0.39, 0.29) is 0 Å². The highest BCUT2D eigenvalue weighted by Crippen LogP contribution is 2.58. The number of benzene rings is 2. The molecule has 1 fully saturated rings. The normalized spacial score (nSPS) is 24.2. The van der Waals surface area contributed by atoms with Crippen LogP contribution >= 0.6 is 0 Å². The molecule has 0 spiro atoms. The van der Waals surface area contributed by atoms with Crippen LogP contribution in [0.15, 0.2) is 42.5 Å². The lowest BCUT2D eigenvalue weighted by Gasteiger charge is -2.08. The van der Waals surface area contributed by atoms with Crippen LogP contribution in [0.1, 0.15) is 40.5 Å². The molecule has 1 heteroatoms. The third kappa shape index (κ3) is 1.32. The maximum absolute atomic E-state index is 9.63. The Labute approximate surface area is 101 Å². The molecule has 0 bridgehead atoms. The van der Waals surface area contributed by atoms with Gasteiger partial charge in [0.05, 0.1) is 0 Å². The van der Waals surface area contributed by atoms with Crippen molar-refractivity contribution in [2.45, 2.75) is 24.7 Å². The number of fused-ring (bicyclic) bond motifs is 5. The number of hydrogen-bond acceptors (Lipinski definition) is 1. The van der Waals surface area contributed by atoms with Crippen LogP contribution in [0.5, 0.6) is 5.75 Å². The largest absolute Gasteiger partial charge is 0.508 e. The van der Waals surface area contributed by atoms with E-state index in [1.807, 2.05) is 12.1 Å². The van der Waals surface area contributed by atoms with Gasteiger partial charge in [0.2, 0.25) is 0 Å². The van der Waals surface area contributed by atoms with Gasteiger partial charge in [-0.25, -0.2) is 0 Å². The van der Waals surface area contributed by atoms with Gasteiger partial charge in [-0.3, -0.25) is 0 Å². The summed E-state index contributed by atoms with van der Waals surface area (Å²) in [6, 6.07) is 14.6. The van der Waals surface area contributed by atoms with E-state index in [1.54, 1.807) is 0 Å². The molecule has 0 saturated heterocycles. The second-order valence-corrected chi connectivity index (χ2v) is 5.21. The number of hydrogen-bond donors (Lipinski definition) is 1. The van der Waals surface area contributed by atoms with E-state index in [0.717, 1.165) is 12.3 Å². The Kier molecular flexibility index (Phi) is 1.71. The minimum Gasteiger partial charge on any atom is -0.508 e. The van der Waals surface area contributed by atoms with Gasteiger partial charge in [0, 0.05) is 0 Å². The van der Waals surface area contributed by atoms with Gasteiger partial charge in [0.15, 0.2) is 0 Å². The molecule has 0 aromatic heterocycles. The zero-order valence-corrected chi connectivity index (χ0v) is 9.56. The van der Waals surface area contributed by atoms with Crippen LogP contribution in [0.3, 0.4) is 0 Å². The van der Waals surface area contributed by atoms with Crippen LogP contribution in [-0.2, 0) is 6.42 Å². The summed E-state index contributed by atoms with van der Waals surface area (Å²) in [6.45, 7) is 0. The van der Waals surface area contributed by atoms with Crippen LogP contribution in [0, 0.1) is 0 Å². The molecule has 0 aliphatic heterocycles. The van der Waals surface area contributed by atoms with Crippen LogP contribution in [0.2, 0.25) is 0 Å². The number of rotatable bonds is 0.